The molecule has 2 aromatic heterocycles. The zero-order valence-electron chi connectivity index (χ0n) is 86.3. The van der Waals surface area contributed by atoms with Gasteiger partial charge in [-0.3, -0.25) is 0 Å². The second-order valence-electron chi connectivity index (χ2n) is 40.1. The number of ether oxygens (including phenoxy) is 3. The van der Waals surface area contributed by atoms with Gasteiger partial charge in [-0.1, -0.05) is 215 Å². The first-order valence-electron chi connectivity index (χ1n) is 50.4. The van der Waals surface area contributed by atoms with Crippen LogP contribution in [0.3, 0.4) is 0 Å². The molecule has 728 valence electrons. The molecule has 13 rings (SSSR count). The normalized spacial score (nSPS) is 16.0. The second kappa shape index (κ2) is 52.0. The molecule has 1 aliphatic carbocycles. The van der Waals surface area contributed by atoms with Crippen LogP contribution in [0, 0.1) is 25.7 Å². The highest BCUT2D eigenvalue weighted by Crippen LogP contribution is 2.57. The Morgan fingerprint density at radius 1 is 0.493 bits per heavy atom. The van der Waals surface area contributed by atoms with E-state index in [4.69, 9.17) is 23.0 Å². The Hall–Kier alpha value is -10.5. The Kier molecular flexibility index (Phi) is 42.2. The van der Waals surface area contributed by atoms with Crippen molar-refractivity contribution in [3.8, 4) is 57.5 Å². The van der Waals surface area contributed by atoms with Crippen LogP contribution in [0.15, 0.2) is 177 Å². The Bertz CT molecular complexity index is 5700. The van der Waals surface area contributed by atoms with E-state index in [2.05, 4.69) is 223 Å². The van der Waals surface area contributed by atoms with Gasteiger partial charge in [0.2, 0.25) is 0 Å². The minimum Gasteiger partial charge on any atom is -0.508 e. The van der Waals surface area contributed by atoms with Crippen LogP contribution in [0.5, 0.6) is 57.5 Å². The number of unbranched alkanes of at least 4 members (excludes halogenated alkanes) is 6. The fourth-order valence-electron chi connectivity index (χ4n) is 18.8. The lowest BCUT2D eigenvalue weighted by Crippen LogP contribution is -2.45. The molecule has 5 atom stereocenters. The highest BCUT2D eigenvalue weighted by Gasteiger charge is 2.51. The third-order valence-electron chi connectivity index (χ3n) is 26.4. The number of phenols is 7. The maximum atomic E-state index is 10.6. The van der Waals surface area contributed by atoms with Crippen molar-refractivity contribution in [3.63, 3.8) is 0 Å². The van der Waals surface area contributed by atoms with Gasteiger partial charge in [0.1, 0.15) is 91.5 Å². The van der Waals surface area contributed by atoms with Gasteiger partial charge in [-0.05, 0) is 377 Å². The SMILES string of the molecule is C=C(C)c1ccc(C)c2oc3cc(CCCCC)cc(O)c3c12.CCCCCc1cc(O)c(C/C=C(\C)CCC=C(C)C)c(OC)c1.CCCCCc1cc(O)c2c(c1)oc1c(C)ccc(C(C)C)c12.CCCc1cc(O)c(C/C=C(\C)CCC=C(C)C)c(O)c1.CCCc1cc(O)c2c(c1)OC(C)(CCC=C(C)C)C=C2.CCCc1cc(O)c2c(c1)OC1C(C)CCC(C(C)(C)O)C21. The Balaban J connectivity index is 0.000000198. The van der Waals surface area contributed by atoms with Crippen LogP contribution in [0.4, 0.5) is 0 Å². The largest absolute Gasteiger partial charge is 0.508 e. The molecule has 134 heavy (non-hydrogen) atoms. The second-order valence-corrected chi connectivity index (χ2v) is 40.1. The van der Waals surface area contributed by atoms with Crippen LogP contribution in [0.1, 0.15) is 364 Å². The number of methoxy groups -OCH3 is 1. The number of aryl methyl sites for hydroxylation is 8. The lowest BCUT2D eigenvalue weighted by atomic mass is 9.65. The van der Waals surface area contributed by atoms with Crippen molar-refractivity contribution in [2.24, 2.45) is 11.8 Å². The lowest BCUT2D eigenvalue weighted by Gasteiger charge is -2.42. The van der Waals surface area contributed by atoms with E-state index in [1.807, 2.05) is 70.2 Å². The van der Waals surface area contributed by atoms with E-state index >= 15 is 0 Å². The van der Waals surface area contributed by atoms with Crippen LogP contribution >= 0.6 is 0 Å². The van der Waals surface area contributed by atoms with Gasteiger partial charge in [-0.15, -0.1) is 0 Å². The topological polar surface area (TPSA) is 216 Å². The number of fused-ring (bicyclic) bond motifs is 10. The number of allylic oxidation sites excluding steroid dienone is 11. The molecule has 0 saturated heterocycles. The smallest absolute Gasteiger partial charge is 0.139 e. The highest BCUT2D eigenvalue weighted by atomic mass is 16.5. The van der Waals surface area contributed by atoms with Gasteiger partial charge in [-0.2, -0.15) is 0 Å². The summed E-state index contributed by atoms with van der Waals surface area (Å²) in [4.78, 5) is 0. The molecule has 4 heterocycles. The number of hydrogen-bond acceptors (Lipinski definition) is 13. The number of aliphatic hydroxyl groups is 1. The molecular weight excluding hydrogens is 1660 g/mol. The van der Waals surface area contributed by atoms with E-state index in [-0.39, 0.29) is 35.0 Å². The van der Waals surface area contributed by atoms with Crippen LogP contribution < -0.4 is 14.2 Å². The van der Waals surface area contributed by atoms with E-state index in [0.29, 0.717) is 59.0 Å². The minimum atomic E-state index is -0.761. The molecular formula is C121H166O13. The van der Waals surface area contributed by atoms with Gasteiger partial charge in [0.25, 0.3) is 0 Å². The Labute approximate surface area is 805 Å². The average molecular weight is 1830 g/mol. The summed E-state index contributed by atoms with van der Waals surface area (Å²) in [5.74, 6) is 5.57. The molecule has 0 spiro atoms. The summed E-state index contributed by atoms with van der Waals surface area (Å²) >= 11 is 0. The maximum absolute atomic E-state index is 10.6. The molecule has 8 N–H and O–H groups in total. The number of hydrogen-bond donors (Lipinski definition) is 8. The summed E-state index contributed by atoms with van der Waals surface area (Å²) in [6.45, 7) is 52.5. The van der Waals surface area contributed by atoms with Crippen LogP contribution in [-0.4, -0.2) is 65.3 Å². The van der Waals surface area contributed by atoms with Crippen molar-refractivity contribution in [2.75, 3.05) is 7.11 Å². The number of benzene rings is 8. The molecule has 13 heteroatoms. The van der Waals surface area contributed by atoms with E-state index in [0.717, 1.165) is 262 Å². The summed E-state index contributed by atoms with van der Waals surface area (Å²) in [5.41, 5.74) is 24.3. The quantitative estimate of drug-likeness (QED) is 0.0137. The zero-order valence-corrected chi connectivity index (χ0v) is 86.3. The molecule has 3 aliphatic rings. The minimum absolute atomic E-state index is 0.0722. The Morgan fingerprint density at radius 2 is 0.925 bits per heavy atom. The number of furan rings is 2. The van der Waals surface area contributed by atoms with Crippen molar-refractivity contribution in [1.82, 2.24) is 0 Å². The molecule has 5 unspecified atom stereocenters. The fourth-order valence-corrected chi connectivity index (χ4v) is 18.8. The summed E-state index contributed by atoms with van der Waals surface area (Å²) in [5, 5.41) is 86.8. The van der Waals surface area contributed by atoms with Crippen molar-refractivity contribution < 1.29 is 63.9 Å². The molecule has 0 bridgehead atoms. The van der Waals surface area contributed by atoms with Crippen molar-refractivity contribution in [3.05, 3.63) is 246 Å². The number of rotatable bonds is 35. The third-order valence-corrected chi connectivity index (χ3v) is 26.4. The van der Waals surface area contributed by atoms with Gasteiger partial charge in [0.05, 0.1) is 29.0 Å². The van der Waals surface area contributed by atoms with Crippen molar-refractivity contribution >= 4 is 55.5 Å². The molecule has 10 aromatic rings. The molecule has 8 aromatic carbocycles. The predicted molar refractivity (Wildman–Crippen MR) is 566 cm³/mol. The van der Waals surface area contributed by atoms with Crippen molar-refractivity contribution in [2.45, 2.75) is 368 Å². The van der Waals surface area contributed by atoms with Crippen LogP contribution in [0.2, 0.25) is 0 Å². The van der Waals surface area contributed by atoms with E-state index in [9.17, 15) is 40.9 Å². The van der Waals surface area contributed by atoms with Crippen LogP contribution in [0.25, 0.3) is 55.5 Å². The van der Waals surface area contributed by atoms with Gasteiger partial charge >= 0.3 is 0 Å². The molecule has 0 radical (unpaired) electrons. The first-order valence-corrected chi connectivity index (χ1v) is 50.4. The van der Waals surface area contributed by atoms with Crippen molar-refractivity contribution in [1.29, 1.82) is 0 Å². The fraction of sp³-hybridized carbons (Fsp3) is 0.488. The van der Waals surface area contributed by atoms with Gasteiger partial charge < -0.3 is 63.9 Å². The molecule has 1 saturated carbocycles. The van der Waals surface area contributed by atoms with E-state index < -0.39 is 5.60 Å². The van der Waals surface area contributed by atoms with E-state index in [1.165, 1.54) is 72.0 Å². The highest BCUT2D eigenvalue weighted by molar-refractivity contribution is 6.14. The Morgan fingerprint density at radius 3 is 1.40 bits per heavy atom. The summed E-state index contributed by atoms with van der Waals surface area (Å²) in [7, 11) is 1.68. The maximum Gasteiger partial charge on any atom is 0.139 e. The zero-order chi connectivity index (χ0) is 98.4. The average Bonchev–Trinajstić information content (AvgIpc) is 1.59. The molecule has 2 aliphatic heterocycles. The number of phenolic OH excluding ortho intramolecular Hbond substituents is 7. The standard InChI is InChI=1S/C22H34O2.C21H26O2.C21H24O2.C19H28O3.C19H26O2.C19H28O2/c1-6-7-8-12-19-15-21(23)20(22(16-19)24-5)14-13-18(4)11-9-10-17(2)3;2*1-5-6-7-8-15-11-17(22)20-18(12-15)23-21-14(4)9-10-16(13(2)3)19(20)21;1-5-6-12-9-14(20)17-15(10-12)22-18-11(2)7-8-13(16(17)18)19(3,4)21;1-5-7-15-12-17(20)16-9-11-19(4,21-18(16)13-15)10-6-8-14(2)3;1-5-7-16-12-18(20)17(19(21)13-16)11-10-15(4)9-6-8-14(2)3/h10,13,15-16,23H,6-9,11-12,14H2,1-5H3;9-13,22H,5-8H2,1-4H3;9-12,22H,2,5-8H2,1,3-4H3;9-11,13,16,18,20-21H,5-8H2,1-4H3;8-9,11-13,20H,5-7,10H2,1-4H3;8,10,12-13,20-21H,5-7,9,11H2,1-4H3/b18-13+;;;;;15-10+. The van der Waals surface area contributed by atoms with E-state index in [1.54, 1.807) is 19.2 Å². The number of aromatic hydroxyl groups is 7. The van der Waals surface area contributed by atoms with Crippen LogP contribution in [-0.2, 0) is 51.4 Å². The molecule has 1 fully saturated rings. The monoisotopic (exact) mass is 1830 g/mol. The van der Waals surface area contributed by atoms with Gasteiger partial charge in [0.15, 0.2) is 0 Å². The predicted octanol–water partition coefficient (Wildman–Crippen LogP) is 33.7. The summed E-state index contributed by atoms with van der Waals surface area (Å²) in [6, 6.07) is 31.8. The lowest BCUT2D eigenvalue weighted by molar-refractivity contribution is -0.0432. The molecule has 13 nitrogen and oxygen atoms in total. The summed E-state index contributed by atoms with van der Waals surface area (Å²) in [6.07, 6.45) is 44.1. The van der Waals surface area contributed by atoms with Gasteiger partial charge in [-0.25, -0.2) is 0 Å². The molecule has 0 amide bonds. The first kappa shape index (κ1) is 109. The third kappa shape index (κ3) is 30.5. The van der Waals surface area contributed by atoms with Gasteiger partial charge in [0, 0.05) is 33.4 Å². The first-order chi connectivity index (χ1) is 63.7. The summed E-state index contributed by atoms with van der Waals surface area (Å²) < 4.78 is 30.2.